The summed E-state index contributed by atoms with van der Waals surface area (Å²) in [6, 6.07) is 11.0. The third-order valence-corrected chi connectivity index (χ3v) is 4.46. The number of pyridine rings is 1. The zero-order valence-corrected chi connectivity index (χ0v) is 14.7. The number of benzene rings is 1. The van der Waals surface area contributed by atoms with Gasteiger partial charge in [-0.3, -0.25) is 10.4 Å². The largest absolute Gasteiger partial charge is 0.490 e. The molecule has 0 aliphatic heterocycles. The van der Waals surface area contributed by atoms with Crippen LogP contribution in [0.25, 0.3) is 5.70 Å². The predicted molar refractivity (Wildman–Crippen MR) is 102 cm³/mol. The van der Waals surface area contributed by atoms with Crippen LogP contribution in [0, 0.1) is 5.41 Å². The van der Waals surface area contributed by atoms with E-state index in [-0.39, 0.29) is 18.0 Å². The molecular weight excluding hydrogens is 328 g/mol. The summed E-state index contributed by atoms with van der Waals surface area (Å²) in [5.74, 6) is 1.62. The van der Waals surface area contributed by atoms with Gasteiger partial charge in [0.05, 0.1) is 29.8 Å². The third-order valence-electron chi connectivity index (χ3n) is 4.46. The van der Waals surface area contributed by atoms with Gasteiger partial charge >= 0.3 is 0 Å². The van der Waals surface area contributed by atoms with E-state index in [1.54, 1.807) is 18.3 Å². The van der Waals surface area contributed by atoms with E-state index in [9.17, 15) is 0 Å². The Labute approximate surface area is 153 Å². The average Bonchev–Trinajstić information content (AvgIpc) is 2.64. The first-order chi connectivity index (χ1) is 12.5. The lowest BCUT2D eigenvalue weighted by Gasteiger charge is -2.29. The predicted octanol–water partition coefficient (Wildman–Crippen LogP) is 3.06. The Morgan fingerprint density at radius 1 is 0.923 bits per heavy atom. The Morgan fingerprint density at radius 2 is 1.46 bits per heavy atom. The van der Waals surface area contributed by atoms with E-state index in [1.165, 1.54) is 0 Å². The van der Waals surface area contributed by atoms with Gasteiger partial charge in [-0.1, -0.05) is 6.58 Å². The van der Waals surface area contributed by atoms with Gasteiger partial charge in [-0.15, -0.1) is 0 Å². The Balaban J connectivity index is 1.47. The maximum Gasteiger partial charge on any atom is 0.138 e. The molecule has 1 saturated carbocycles. The minimum atomic E-state index is 0.0625. The highest BCUT2D eigenvalue weighted by Gasteiger charge is 2.23. The Bertz CT molecular complexity index is 696. The van der Waals surface area contributed by atoms with Crippen molar-refractivity contribution in [2.24, 2.45) is 11.5 Å². The van der Waals surface area contributed by atoms with Crippen molar-refractivity contribution in [2.75, 3.05) is 0 Å². The highest BCUT2D eigenvalue weighted by Crippen LogP contribution is 2.27. The highest BCUT2D eigenvalue weighted by molar-refractivity contribution is 5.94. The summed E-state index contributed by atoms with van der Waals surface area (Å²) in [5.41, 5.74) is 12.9. The summed E-state index contributed by atoms with van der Waals surface area (Å²) in [6.07, 6.45) is 5.77. The Morgan fingerprint density at radius 3 is 1.92 bits per heavy atom. The topological polar surface area (TPSA) is 107 Å². The van der Waals surface area contributed by atoms with E-state index in [0.29, 0.717) is 17.0 Å². The van der Waals surface area contributed by atoms with Crippen LogP contribution in [0.3, 0.4) is 0 Å². The van der Waals surface area contributed by atoms with Crippen LogP contribution in [0.2, 0.25) is 0 Å². The van der Waals surface area contributed by atoms with Gasteiger partial charge in [-0.2, -0.15) is 0 Å². The maximum absolute atomic E-state index is 7.41. The molecule has 6 heteroatoms. The first-order valence-electron chi connectivity index (χ1n) is 8.70. The molecule has 6 nitrogen and oxygen atoms in total. The minimum absolute atomic E-state index is 0.0625. The summed E-state index contributed by atoms with van der Waals surface area (Å²) in [7, 11) is 0. The van der Waals surface area contributed by atoms with Crippen molar-refractivity contribution in [1.29, 1.82) is 5.41 Å². The number of hydrogen-bond acceptors (Lipinski definition) is 5. The van der Waals surface area contributed by atoms with Crippen LogP contribution in [0.5, 0.6) is 11.5 Å². The van der Waals surface area contributed by atoms with Crippen molar-refractivity contribution in [3.63, 3.8) is 0 Å². The van der Waals surface area contributed by atoms with Crippen molar-refractivity contribution >= 4 is 11.5 Å². The summed E-state index contributed by atoms with van der Waals surface area (Å²) >= 11 is 0. The van der Waals surface area contributed by atoms with Crippen LogP contribution in [0.1, 0.15) is 36.9 Å². The average molecular weight is 352 g/mol. The van der Waals surface area contributed by atoms with E-state index in [0.717, 1.165) is 37.2 Å². The molecule has 1 aromatic carbocycles. The fourth-order valence-corrected chi connectivity index (χ4v) is 3.01. The van der Waals surface area contributed by atoms with Crippen LogP contribution in [0.4, 0.5) is 0 Å². The monoisotopic (exact) mass is 352 g/mol. The minimum Gasteiger partial charge on any atom is -0.490 e. The van der Waals surface area contributed by atoms with E-state index in [1.807, 2.05) is 24.3 Å². The highest BCUT2D eigenvalue weighted by atomic mass is 16.5. The number of rotatable bonds is 6. The van der Waals surface area contributed by atoms with Crippen LogP contribution in [0.15, 0.2) is 49.2 Å². The number of ether oxygens (including phenoxy) is 2. The molecule has 0 radical (unpaired) electrons. The molecule has 2 aromatic rings. The van der Waals surface area contributed by atoms with Crippen molar-refractivity contribution in [3.8, 4) is 11.5 Å². The van der Waals surface area contributed by atoms with Gasteiger partial charge in [-0.05, 0) is 62.1 Å². The zero-order valence-electron chi connectivity index (χ0n) is 14.7. The number of aromatic nitrogens is 1. The lowest BCUT2D eigenvalue weighted by Crippen LogP contribution is -2.30. The molecule has 1 fully saturated rings. The van der Waals surface area contributed by atoms with Gasteiger partial charge in [0.1, 0.15) is 17.3 Å². The molecule has 1 aliphatic carbocycles. The summed E-state index contributed by atoms with van der Waals surface area (Å²) in [4.78, 5) is 4.24. The van der Waals surface area contributed by atoms with Crippen molar-refractivity contribution in [2.45, 2.75) is 37.9 Å². The molecule has 5 N–H and O–H groups in total. The second-order valence-electron chi connectivity index (χ2n) is 6.48. The molecule has 136 valence electrons. The molecular formula is C20H24N4O2. The molecule has 0 unspecified atom stereocenters. The lowest BCUT2D eigenvalue weighted by atomic mass is 9.95. The summed E-state index contributed by atoms with van der Waals surface area (Å²) in [5, 5.41) is 7.41. The van der Waals surface area contributed by atoms with Crippen LogP contribution >= 0.6 is 0 Å². The molecule has 1 heterocycles. The van der Waals surface area contributed by atoms with Crippen LogP contribution < -0.4 is 20.9 Å². The zero-order chi connectivity index (χ0) is 18.5. The number of hydrogen-bond donors (Lipinski definition) is 3. The fraction of sp³-hybridized carbons (Fsp3) is 0.300. The second kappa shape index (κ2) is 7.91. The number of nitrogens with zero attached hydrogens (tertiary/aromatic N) is 1. The molecule has 26 heavy (non-hydrogen) atoms. The first kappa shape index (κ1) is 17.8. The number of nitrogens with two attached hydrogens (primary N) is 2. The van der Waals surface area contributed by atoms with Gasteiger partial charge in [0.2, 0.25) is 0 Å². The Hall–Kier alpha value is -3.02. The van der Waals surface area contributed by atoms with Crippen molar-refractivity contribution in [1.82, 2.24) is 4.98 Å². The number of amidine groups is 1. The van der Waals surface area contributed by atoms with Gasteiger partial charge < -0.3 is 20.9 Å². The fourth-order valence-electron chi connectivity index (χ4n) is 3.01. The normalized spacial score (nSPS) is 19.5. The van der Waals surface area contributed by atoms with Crippen molar-refractivity contribution in [3.05, 3.63) is 60.4 Å². The lowest BCUT2D eigenvalue weighted by molar-refractivity contribution is 0.0804. The van der Waals surface area contributed by atoms with E-state index in [4.69, 9.17) is 26.4 Å². The SMILES string of the molecule is C=C(N)c1ccc(OC2CCC(Oc3ccc(C(=N)N)cc3)CC2)cn1. The first-order valence-corrected chi connectivity index (χ1v) is 8.70. The van der Waals surface area contributed by atoms with E-state index in [2.05, 4.69) is 11.6 Å². The molecule has 0 spiro atoms. The quantitative estimate of drug-likeness (QED) is 0.547. The second-order valence-corrected chi connectivity index (χ2v) is 6.48. The number of nitrogen functional groups attached to an aromatic ring is 1. The molecule has 0 saturated heterocycles. The summed E-state index contributed by atoms with van der Waals surface area (Å²) < 4.78 is 12.0. The smallest absolute Gasteiger partial charge is 0.138 e. The maximum atomic E-state index is 7.41. The van der Waals surface area contributed by atoms with E-state index >= 15 is 0 Å². The van der Waals surface area contributed by atoms with Crippen LogP contribution in [-0.4, -0.2) is 23.0 Å². The molecule has 3 rings (SSSR count). The summed E-state index contributed by atoms with van der Waals surface area (Å²) in [6.45, 7) is 3.67. The molecule has 1 aromatic heterocycles. The van der Waals surface area contributed by atoms with Gasteiger partial charge in [0.25, 0.3) is 0 Å². The molecule has 0 atom stereocenters. The molecule has 0 amide bonds. The Kier molecular flexibility index (Phi) is 5.41. The number of nitrogens with one attached hydrogen (secondary N) is 1. The van der Waals surface area contributed by atoms with Gasteiger partial charge in [0, 0.05) is 5.56 Å². The van der Waals surface area contributed by atoms with Gasteiger partial charge in [0.15, 0.2) is 0 Å². The van der Waals surface area contributed by atoms with Gasteiger partial charge in [-0.25, -0.2) is 0 Å². The van der Waals surface area contributed by atoms with E-state index < -0.39 is 0 Å². The van der Waals surface area contributed by atoms with Crippen molar-refractivity contribution < 1.29 is 9.47 Å². The van der Waals surface area contributed by atoms with Crippen LogP contribution in [-0.2, 0) is 0 Å². The third kappa shape index (κ3) is 4.53. The molecule has 0 bridgehead atoms. The molecule has 1 aliphatic rings. The standard InChI is InChI=1S/C20H24N4O2/c1-13(21)19-11-10-18(12-24-19)26-17-8-6-16(7-9-17)25-15-4-2-14(3-5-15)20(22)23/h2-5,10-12,16-17H,1,6-9,21H2,(H3,22,23).